The topological polar surface area (TPSA) is 66.8 Å². The fourth-order valence-electron chi connectivity index (χ4n) is 5.07. The Labute approximate surface area is 196 Å². The summed E-state index contributed by atoms with van der Waals surface area (Å²) in [6.07, 6.45) is 3.85. The van der Waals surface area contributed by atoms with Crippen LogP contribution >= 0.6 is 0 Å². The maximum atomic E-state index is 13.3. The molecular weight excluding hydrogens is 414 g/mol. The Morgan fingerprint density at radius 3 is 2.33 bits per heavy atom. The number of nitrogens with zero attached hydrogens (tertiary/aromatic N) is 1. The van der Waals surface area contributed by atoms with Crippen LogP contribution in [0.1, 0.15) is 76.1 Å². The Balaban J connectivity index is 1.88. The normalized spacial score (nSPS) is 21.1. The third-order valence-electron chi connectivity index (χ3n) is 6.67. The number of hydrogen-bond donors (Lipinski definition) is 1. The van der Waals surface area contributed by atoms with Crippen molar-refractivity contribution in [3.8, 4) is 5.75 Å². The molecule has 1 saturated carbocycles. The van der Waals surface area contributed by atoms with Gasteiger partial charge in [-0.2, -0.15) is 0 Å². The molecule has 1 atom stereocenters. The molecule has 1 aliphatic heterocycles. The highest BCUT2D eigenvalue weighted by molar-refractivity contribution is 6.46. The fraction of sp³-hybridized carbons (Fsp3) is 0.429. The van der Waals surface area contributed by atoms with Gasteiger partial charge in [-0.05, 0) is 48.9 Å². The van der Waals surface area contributed by atoms with Crippen molar-refractivity contribution in [2.45, 2.75) is 70.9 Å². The smallest absolute Gasteiger partial charge is 0.295 e. The lowest BCUT2D eigenvalue weighted by Gasteiger charge is -2.30. The van der Waals surface area contributed by atoms with Gasteiger partial charge in [0, 0.05) is 17.2 Å². The second kappa shape index (κ2) is 9.05. The van der Waals surface area contributed by atoms with Crippen LogP contribution in [0.25, 0.3) is 5.76 Å². The first-order chi connectivity index (χ1) is 15.7. The quantitative estimate of drug-likeness (QED) is 0.360. The number of aliphatic hydroxyl groups is 1. The molecule has 1 unspecified atom stereocenters. The van der Waals surface area contributed by atoms with Gasteiger partial charge in [0.15, 0.2) is 0 Å². The van der Waals surface area contributed by atoms with E-state index in [1.807, 2.05) is 49.4 Å². The second-order valence-electron chi connectivity index (χ2n) is 9.95. The van der Waals surface area contributed by atoms with Gasteiger partial charge in [0.05, 0.1) is 18.2 Å². The molecule has 1 N–H and O–H groups in total. The minimum Gasteiger partial charge on any atom is -0.507 e. The number of likely N-dealkylation sites (tertiary alicyclic amines) is 1. The second-order valence-corrected chi connectivity index (χ2v) is 9.95. The summed E-state index contributed by atoms with van der Waals surface area (Å²) >= 11 is 0. The van der Waals surface area contributed by atoms with Gasteiger partial charge in [0.1, 0.15) is 11.5 Å². The summed E-state index contributed by atoms with van der Waals surface area (Å²) in [6.45, 7) is 8.71. The van der Waals surface area contributed by atoms with Crippen LogP contribution in [0.4, 0.5) is 0 Å². The molecular formula is C28H33NO4. The van der Waals surface area contributed by atoms with E-state index >= 15 is 0 Å². The number of amides is 1. The van der Waals surface area contributed by atoms with E-state index < -0.39 is 17.7 Å². The molecule has 174 valence electrons. The van der Waals surface area contributed by atoms with Crippen LogP contribution in [0, 0.1) is 0 Å². The first-order valence-corrected chi connectivity index (χ1v) is 11.9. The van der Waals surface area contributed by atoms with E-state index in [-0.39, 0.29) is 22.8 Å². The van der Waals surface area contributed by atoms with Crippen LogP contribution in [-0.2, 0) is 15.0 Å². The third-order valence-corrected chi connectivity index (χ3v) is 6.67. The van der Waals surface area contributed by atoms with Crippen molar-refractivity contribution in [1.29, 1.82) is 0 Å². The minimum absolute atomic E-state index is 0.0161. The number of aliphatic hydroxyl groups excluding tert-OH is 1. The zero-order chi connectivity index (χ0) is 23.8. The number of ketones is 1. The zero-order valence-corrected chi connectivity index (χ0v) is 19.9. The number of carbonyl (C=O) groups excluding carboxylic acids is 2. The summed E-state index contributed by atoms with van der Waals surface area (Å²) in [5.41, 5.74) is 2.24. The monoisotopic (exact) mass is 447 g/mol. The molecule has 0 radical (unpaired) electrons. The van der Waals surface area contributed by atoms with E-state index in [1.165, 1.54) is 0 Å². The van der Waals surface area contributed by atoms with Crippen molar-refractivity contribution >= 4 is 17.4 Å². The first-order valence-electron chi connectivity index (χ1n) is 11.9. The molecule has 4 rings (SSSR count). The van der Waals surface area contributed by atoms with Crippen molar-refractivity contribution in [2.75, 3.05) is 6.61 Å². The van der Waals surface area contributed by atoms with Gasteiger partial charge < -0.3 is 14.7 Å². The van der Waals surface area contributed by atoms with Crippen molar-refractivity contribution in [1.82, 2.24) is 4.90 Å². The molecule has 1 amide bonds. The van der Waals surface area contributed by atoms with E-state index in [0.29, 0.717) is 12.2 Å². The highest BCUT2D eigenvalue weighted by atomic mass is 16.5. The molecule has 0 bridgehead atoms. The van der Waals surface area contributed by atoms with Crippen molar-refractivity contribution in [2.24, 2.45) is 0 Å². The molecule has 5 nitrogen and oxygen atoms in total. The number of hydrogen-bond acceptors (Lipinski definition) is 4. The Hall–Kier alpha value is -3.08. The maximum Gasteiger partial charge on any atom is 0.295 e. The number of ether oxygens (including phenoxy) is 1. The summed E-state index contributed by atoms with van der Waals surface area (Å²) in [5.74, 6) is -0.498. The molecule has 0 spiro atoms. The molecule has 2 fully saturated rings. The van der Waals surface area contributed by atoms with Crippen LogP contribution in [0.5, 0.6) is 5.75 Å². The van der Waals surface area contributed by atoms with Gasteiger partial charge in [-0.3, -0.25) is 9.59 Å². The fourth-order valence-corrected chi connectivity index (χ4v) is 5.07. The van der Waals surface area contributed by atoms with E-state index in [4.69, 9.17) is 4.74 Å². The predicted octanol–water partition coefficient (Wildman–Crippen LogP) is 5.75. The average Bonchev–Trinajstić information content (AvgIpc) is 3.40. The van der Waals surface area contributed by atoms with Gasteiger partial charge in [-0.15, -0.1) is 0 Å². The Bertz CT molecular complexity index is 1070. The van der Waals surface area contributed by atoms with Gasteiger partial charge in [0.2, 0.25) is 0 Å². The number of rotatable bonds is 5. The third kappa shape index (κ3) is 4.29. The predicted molar refractivity (Wildman–Crippen MR) is 129 cm³/mol. The van der Waals surface area contributed by atoms with Crippen LogP contribution in [0.3, 0.4) is 0 Å². The zero-order valence-electron chi connectivity index (χ0n) is 19.9. The molecule has 0 aromatic heterocycles. The van der Waals surface area contributed by atoms with E-state index in [0.717, 1.165) is 42.6 Å². The van der Waals surface area contributed by atoms with Crippen LogP contribution in [0.2, 0.25) is 0 Å². The molecule has 5 heteroatoms. The van der Waals surface area contributed by atoms with Crippen LogP contribution in [0.15, 0.2) is 54.1 Å². The first kappa shape index (κ1) is 23.1. The lowest BCUT2D eigenvalue weighted by atomic mass is 9.84. The van der Waals surface area contributed by atoms with E-state index in [2.05, 4.69) is 20.8 Å². The number of benzene rings is 2. The van der Waals surface area contributed by atoms with Gasteiger partial charge in [-0.1, -0.05) is 63.9 Å². The van der Waals surface area contributed by atoms with E-state index in [9.17, 15) is 14.7 Å². The standard InChI is InChI=1S/C28H33NO4/c1-5-33-22-16-15-19(17-21(22)28(2,3)4)25(30)23-24(18-11-7-6-8-12-18)29(27(32)26(23)31)20-13-9-10-14-20/h6-8,11-12,15-17,20,24,30H,5,9-10,13-14H2,1-4H3/b25-23-. The Morgan fingerprint density at radius 2 is 1.73 bits per heavy atom. The summed E-state index contributed by atoms with van der Waals surface area (Å²) in [5, 5.41) is 11.5. The van der Waals surface area contributed by atoms with Crippen molar-refractivity contribution in [3.05, 3.63) is 70.8 Å². The van der Waals surface area contributed by atoms with Crippen LogP contribution in [-0.4, -0.2) is 34.3 Å². The Morgan fingerprint density at radius 1 is 1.06 bits per heavy atom. The summed E-state index contributed by atoms with van der Waals surface area (Å²) < 4.78 is 5.81. The molecule has 1 aliphatic carbocycles. The molecule has 1 saturated heterocycles. The summed E-state index contributed by atoms with van der Waals surface area (Å²) in [7, 11) is 0. The van der Waals surface area contributed by atoms with Gasteiger partial charge in [0.25, 0.3) is 11.7 Å². The largest absolute Gasteiger partial charge is 0.507 e. The molecule has 33 heavy (non-hydrogen) atoms. The Kier molecular flexibility index (Phi) is 6.33. The van der Waals surface area contributed by atoms with Gasteiger partial charge in [-0.25, -0.2) is 0 Å². The highest BCUT2D eigenvalue weighted by Crippen LogP contribution is 2.44. The number of carbonyl (C=O) groups is 2. The van der Waals surface area contributed by atoms with Crippen LogP contribution < -0.4 is 4.74 Å². The minimum atomic E-state index is -0.612. The lowest BCUT2D eigenvalue weighted by Crippen LogP contribution is -2.37. The molecule has 1 heterocycles. The lowest BCUT2D eigenvalue weighted by molar-refractivity contribution is -0.141. The SMILES string of the molecule is CCOc1ccc(/C(O)=C2/C(=O)C(=O)N(C3CCCC3)C2c2ccccc2)cc1C(C)(C)C. The van der Waals surface area contributed by atoms with Crippen molar-refractivity contribution < 1.29 is 19.4 Å². The summed E-state index contributed by atoms with van der Waals surface area (Å²) in [4.78, 5) is 28.2. The highest BCUT2D eigenvalue weighted by Gasteiger charge is 2.49. The molecule has 2 aromatic carbocycles. The van der Waals surface area contributed by atoms with Crippen molar-refractivity contribution in [3.63, 3.8) is 0 Å². The van der Waals surface area contributed by atoms with E-state index in [1.54, 1.807) is 11.0 Å². The maximum absolute atomic E-state index is 13.3. The average molecular weight is 448 g/mol. The molecule has 2 aromatic rings. The summed E-state index contributed by atoms with van der Waals surface area (Å²) in [6, 6.07) is 14.5. The number of Topliss-reactive ketones (excluding diaryl/α,β-unsaturated/α-hetero) is 1. The molecule has 2 aliphatic rings. The van der Waals surface area contributed by atoms with Gasteiger partial charge >= 0.3 is 0 Å².